The van der Waals surface area contributed by atoms with E-state index in [9.17, 15) is 9.90 Å². The molecule has 1 N–H and O–H groups in total. The van der Waals surface area contributed by atoms with Crippen LogP contribution < -0.4 is 4.74 Å². The Labute approximate surface area is 101 Å². The number of carboxylic acids is 1. The average Bonchev–Trinajstić information content (AvgIpc) is 2.83. The van der Waals surface area contributed by atoms with E-state index >= 15 is 0 Å². The summed E-state index contributed by atoms with van der Waals surface area (Å²) in [5, 5.41) is 9.37. The van der Waals surface area contributed by atoms with Crippen molar-refractivity contribution in [1.29, 1.82) is 0 Å². The van der Waals surface area contributed by atoms with E-state index in [0.29, 0.717) is 5.75 Å². The number of likely N-dealkylation sites (tertiary alicyclic amines) is 1. The number of aliphatic carboxylic acids is 1. The molecule has 0 saturated carbocycles. The van der Waals surface area contributed by atoms with Crippen molar-refractivity contribution in [2.45, 2.75) is 18.9 Å². The van der Waals surface area contributed by atoms with Crippen LogP contribution >= 0.6 is 0 Å². The van der Waals surface area contributed by atoms with E-state index in [4.69, 9.17) is 4.74 Å². The molecule has 1 aliphatic rings. The lowest BCUT2D eigenvalue weighted by atomic mass is 10.1. The van der Waals surface area contributed by atoms with E-state index in [-0.39, 0.29) is 0 Å². The topological polar surface area (TPSA) is 49.8 Å². The summed E-state index contributed by atoms with van der Waals surface area (Å²) in [6, 6.07) is 6.76. The number of hydrogen-bond donors (Lipinski definition) is 1. The summed E-state index contributed by atoms with van der Waals surface area (Å²) in [5.74, 6) is -0.0897. The zero-order valence-electron chi connectivity index (χ0n) is 9.93. The minimum Gasteiger partial charge on any atom is -0.497 e. The van der Waals surface area contributed by atoms with Crippen molar-refractivity contribution in [2.24, 2.45) is 0 Å². The molecule has 0 aliphatic carbocycles. The monoisotopic (exact) mass is 235 g/mol. The lowest BCUT2D eigenvalue weighted by molar-refractivity contribution is -0.143. The van der Waals surface area contributed by atoms with Gasteiger partial charge < -0.3 is 9.84 Å². The predicted octanol–water partition coefficient (Wildman–Crippen LogP) is 1.92. The SMILES string of the molecule is COc1cccc([C@@H](C(=O)O)N2CCCC2)c1. The van der Waals surface area contributed by atoms with Crippen LogP contribution in [0.1, 0.15) is 24.4 Å². The van der Waals surface area contributed by atoms with Crippen molar-refractivity contribution in [3.63, 3.8) is 0 Å². The highest BCUT2D eigenvalue weighted by Gasteiger charge is 2.29. The maximum absolute atomic E-state index is 11.4. The van der Waals surface area contributed by atoms with Crippen molar-refractivity contribution in [3.8, 4) is 5.75 Å². The van der Waals surface area contributed by atoms with E-state index in [2.05, 4.69) is 0 Å². The molecule has 0 unspecified atom stereocenters. The zero-order valence-corrected chi connectivity index (χ0v) is 9.93. The number of benzene rings is 1. The lowest BCUT2D eigenvalue weighted by Gasteiger charge is -2.24. The Morgan fingerprint density at radius 3 is 2.71 bits per heavy atom. The molecule has 4 nitrogen and oxygen atoms in total. The lowest BCUT2D eigenvalue weighted by Crippen LogP contribution is -2.31. The van der Waals surface area contributed by atoms with Crippen LogP contribution in [0.4, 0.5) is 0 Å². The molecular formula is C13H17NO3. The molecule has 1 fully saturated rings. The first-order valence-electron chi connectivity index (χ1n) is 5.83. The largest absolute Gasteiger partial charge is 0.497 e. The molecule has 0 spiro atoms. The quantitative estimate of drug-likeness (QED) is 0.866. The number of rotatable bonds is 4. The molecular weight excluding hydrogens is 218 g/mol. The van der Waals surface area contributed by atoms with E-state index in [1.807, 2.05) is 23.1 Å². The third-order valence-electron chi connectivity index (χ3n) is 3.15. The van der Waals surface area contributed by atoms with Crippen LogP contribution in [0.15, 0.2) is 24.3 Å². The molecule has 1 aromatic carbocycles. The Kier molecular flexibility index (Phi) is 3.64. The van der Waals surface area contributed by atoms with Gasteiger partial charge in [-0.3, -0.25) is 9.69 Å². The predicted molar refractivity (Wildman–Crippen MR) is 64.2 cm³/mol. The fraction of sp³-hybridized carbons (Fsp3) is 0.462. The first kappa shape index (κ1) is 11.9. The third kappa shape index (κ3) is 2.58. The minimum absolute atomic E-state index is 0.549. The van der Waals surface area contributed by atoms with Gasteiger partial charge in [0.25, 0.3) is 0 Å². The first-order valence-corrected chi connectivity index (χ1v) is 5.83. The van der Waals surface area contributed by atoms with Gasteiger partial charge in [0.1, 0.15) is 11.8 Å². The molecule has 1 aromatic rings. The van der Waals surface area contributed by atoms with E-state index < -0.39 is 12.0 Å². The van der Waals surface area contributed by atoms with Gasteiger partial charge in [-0.1, -0.05) is 12.1 Å². The summed E-state index contributed by atoms with van der Waals surface area (Å²) in [4.78, 5) is 13.4. The van der Waals surface area contributed by atoms with Crippen molar-refractivity contribution < 1.29 is 14.6 Å². The maximum atomic E-state index is 11.4. The zero-order chi connectivity index (χ0) is 12.3. The summed E-state index contributed by atoms with van der Waals surface area (Å²) < 4.78 is 5.14. The second kappa shape index (κ2) is 5.19. The van der Waals surface area contributed by atoms with Crippen LogP contribution in [0.3, 0.4) is 0 Å². The number of methoxy groups -OCH3 is 1. The maximum Gasteiger partial charge on any atom is 0.325 e. The van der Waals surface area contributed by atoms with Crippen molar-refractivity contribution in [3.05, 3.63) is 29.8 Å². The number of ether oxygens (including phenoxy) is 1. The van der Waals surface area contributed by atoms with Gasteiger partial charge in [-0.25, -0.2) is 0 Å². The highest BCUT2D eigenvalue weighted by molar-refractivity contribution is 5.75. The fourth-order valence-corrected chi connectivity index (χ4v) is 2.32. The smallest absolute Gasteiger partial charge is 0.325 e. The third-order valence-corrected chi connectivity index (χ3v) is 3.15. The fourth-order valence-electron chi connectivity index (χ4n) is 2.32. The van der Waals surface area contributed by atoms with Gasteiger partial charge in [-0.2, -0.15) is 0 Å². The molecule has 92 valence electrons. The Hall–Kier alpha value is -1.55. The normalized spacial score (nSPS) is 17.9. The molecule has 1 heterocycles. The van der Waals surface area contributed by atoms with Crippen molar-refractivity contribution in [2.75, 3.05) is 20.2 Å². The van der Waals surface area contributed by atoms with Crippen LogP contribution in [0, 0.1) is 0 Å². The molecule has 1 aliphatic heterocycles. The highest BCUT2D eigenvalue weighted by atomic mass is 16.5. The van der Waals surface area contributed by atoms with Gasteiger partial charge in [-0.05, 0) is 43.6 Å². The number of carboxylic acid groups (broad SMARTS) is 1. The summed E-state index contributed by atoms with van der Waals surface area (Å²) in [6.45, 7) is 1.71. The Bertz CT molecular complexity index is 399. The van der Waals surface area contributed by atoms with E-state index in [0.717, 1.165) is 31.5 Å². The summed E-state index contributed by atoms with van der Waals surface area (Å²) >= 11 is 0. The van der Waals surface area contributed by atoms with Gasteiger partial charge in [0.2, 0.25) is 0 Å². The van der Waals surface area contributed by atoms with Crippen LogP contribution in [0.25, 0.3) is 0 Å². The number of carbonyl (C=O) groups is 1. The summed E-state index contributed by atoms with van der Waals surface area (Å²) in [6.07, 6.45) is 2.15. The molecule has 17 heavy (non-hydrogen) atoms. The molecule has 2 rings (SSSR count). The van der Waals surface area contributed by atoms with Gasteiger partial charge in [0.15, 0.2) is 0 Å². The summed E-state index contributed by atoms with van der Waals surface area (Å²) in [7, 11) is 1.59. The molecule has 1 saturated heterocycles. The van der Waals surface area contributed by atoms with Crippen LogP contribution in [0.2, 0.25) is 0 Å². The molecule has 0 aromatic heterocycles. The molecule has 0 amide bonds. The molecule has 1 atom stereocenters. The van der Waals surface area contributed by atoms with Crippen molar-refractivity contribution in [1.82, 2.24) is 4.90 Å². The van der Waals surface area contributed by atoms with Gasteiger partial charge in [0, 0.05) is 0 Å². The molecule has 4 heteroatoms. The van der Waals surface area contributed by atoms with E-state index in [1.165, 1.54) is 0 Å². The second-order valence-corrected chi connectivity index (χ2v) is 4.26. The molecule has 0 radical (unpaired) electrons. The Morgan fingerprint density at radius 2 is 2.12 bits per heavy atom. The second-order valence-electron chi connectivity index (χ2n) is 4.26. The van der Waals surface area contributed by atoms with Gasteiger partial charge in [0.05, 0.1) is 7.11 Å². The Morgan fingerprint density at radius 1 is 1.41 bits per heavy atom. The summed E-state index contributed by atoms with van der Waals surface area (Å²) in [5.41, 5.74) is 0.791. The first-order chi connectivity index (χ1) is 8.22. The van der Waals surface area contributed by atoms with Gasteiger partial charge >= 0.3 is 5.97 Å². The number of nitrogens with zero attached hydrogens (tertiary/aromatic N) is 1. The van der Waals surface area contributed by atoms with Crippen LogP contribution in [0.5, 0.6) is 5.75 Å². The van der Waals surface area contributed by atoms with Crippen LogP contribution in [-0.4, -0.2) is 36.2 Å². The van der Waals surface area contributed by atoms with Crippen molar-refractivity contribution >= 4 is 5.97 Å². The average molecular weight is 235 g/mol. The van der Waals surface area contributed by atoms with Crippen LogP contribution in [-0.2, 0) is 4.79 Å². The van der Waals surface area contributed by atoms with Gasteiger partial charge in [-0.15, -0.1) is 0 Å². The van der Waals surface area contributed by atoms with E-state index in [1.54, 1.807) is 13.2 Å². The minimum atomic E-state index is -0.792. The number of hydrogen-bond acceptors (Lipinski definition) is 3. The standard InChI is InChI=1S/C13H17NO3/c1-17-11-6-4-5-10(9-11)12(13(15)16)14-7-2-3-8-14/h4-6,9,12H,2-3,7-8H2,1H3,(H,15,16)/t12-/m0/s1. The Balaban J connectivity index is 2.28. The highest BCUT2D eigenvalue weighted by Crippen LogP contribution is 2.27. The molecule has 0 bridgehead atoms.